The van der Waals surface area contributed by atoms with Crippen molar-refractivity contribution in [1.29, 1.82) is 0 Å². The number of rotatable bonds is 4. The summed E-state index contributed by atoms with van der Waals surface area (Å²) in [6.07, 6.45) is 0. The largest absolute Gasteiger partial charge is 0.208 e. The molecule has 11 aromatic rings. The maximum Gasteiger partial charge on any atom is 0.164 e. The lowest BCUT2D eigenvalue weighted by molar-refractivity contribution is 0.793. The molecule has 0 aliphatic heterocycles. The maximum atomic E-state index is 5.46. The van der Waals surface area contributed by atoms with Crippen molar-refractivity contribution in [2.24, 2.45) is 0 Å². The van der Waals surface area contributed by atoms with Gasteiger partial charge in [0.15, 0.2) is 17.5 Å². The zero-order valence-corrected chi connectivity index (χ0v) is 36.9. The molecule has 0 unspecified atom stereocenters. The topological polar surface area (TPSA) is 38.7 Å². The normalized spacial score (nSPS) is 14.1. The number of benzene rings is 10. The van der Waals surface area contributed by atoms with Gasteiger partial charge < -0.3 is 0 Å². The zero-order chi connectivity index (χ0) is 44.6. The van der Waals surface area contributed by atoms with Crippen LogP contribution in [-0.2, 0) is 10.8 Å². The van der Waals surface area contributed by atoms with E-state index in [1.807, 2.05) is 0 Å². The van der Waals surface area contributed by atoms with Crippen molar-refractivity contribution >= 4 is 0 Å². The molecule has 2 spiro atoms. The third-order valence-electron chi connectivity index (χ3n) is 15.4. The van der Waals surface area contributed by atoms with Crippen LogP contribution in [-0.4, -0.2) is 15.0 Å². The Hall–Kier alpha value is -8.79. The minimum atomic E-state index is -0.484. The monoisotopic (exact) mass is 861 g/mol. The van der Waals surface area contributed by atoms with Gasteiger partial charge in [0.05, 0.1) is 10.8 Å². The quantitative estimate of drug-likeness (QED) is 0.177. The second-order valence-electron chi connectivity index (χ2n) is 18.5. The van der Waals surface area contributed by atoms with Crippen LogP contribution in [0.5, 0.6) is 0 Å². The molecule has 0 fully saturated rings. The molecule has 0 radical (unpaired) electrons. The first-order valence-corrected chi connectivity index (χ1v) is 23.5. The first-order chi connectivity index (χ1) is 33.7. The molecule has 314 valence electrons. The van der Waals surface area contributed by atoms with Crippen molar-refractivity contribution in [3.05, 3.63) is 281 Å². The first-order valence-electron chi connectivity index (χ1n) is 23.5. The molecule has 1 heterocycles. The lowest BCUT2D eigenvalue weighted by Gasteiger charge is -2.30. The molecule has 4 aliphatic carbocycles. The van der Waals surface area contributed by atoms with Crippen LogP contribution in [0.15, 0.2) is 237 Å². The molecule has 1 aromatic heterocycles. The van der Waals surface area contributed by atoms with Crippen molar-refractivity contribution < 1.29 is 0 Å². The second kappa shape index (κ2) is 13.9. The molecule has 10 aromatic carbocycles. The molecule has 4 aliphatic rings. The Morgan fingerprint density at radius 3 is 0.956 bits per heavy atom. The number of hydrogen-bond donors (Lipinski definition) is 0. The Morgan fingerprint density at radius 1 is 0.191 bits per heavy atom. The molecular weight excluding hydrogens is 823 g/mol. The highest BCUT2D eigenvalue weighted by Gasteiger charge is 2.53. The standard InChI is InChI=1S/C65H39N3/c1-2-16-40(17-3-1)41-30-32-42(33-31-41)61-66-62(43-35-37-59-52(38-43)50-23-9-15-29-58(50)64(59)53-24-10-4-18-45(53)46-19-5-11-25-54(46)64)68-63(67-61)44-34-36-51-49-22-8-14-28-57(49)65(60(51)39-44)55-26-12-6-20-47(55)48-21-7-13-27-56(48)65/h1-39H. The highest BCUT2D eigenvalue weighted by molar-refractivity contribution is 5.97. The van der Waals surface area contributed by atoms with E-state index in [1.165, 1.54) is 94.6 Å². The second-order valence-corrected chi connectivity index (χ2v) is 18.5. The summed E-state index contributed by atoms with van der Waals surface area (Å²) in [5, 5.41) is 0. The van der Waals surface area contributed by atoms with Crippen molar-refractivity contribution in [3.63, 3.8) is 0 Å². The molecule has 0 bridgehead atoms. The number of fused-ring (bicyclic) bond motifs is 20. The fraction of sp³-hybridized carbons (Fsp3) is 0.0308. The summed E-state index contributed by atoms with van der Waals surface area (Å²) >= 11 is 0. The van der Waals surface area contributed by atoms with E-state index in [0.717, 1.165) is 22.3 Å². The highest BCUT2D eigenvalue weighted by Crippen LogP contribution is 2.64. The Balaban J connectivity index is 0.945. The van der Waals surface area contributed by atoms with Gasteiger partial charge in [0, 0.05) is 16.7 Å². The van der Waals surface area contributed by atoms with Gasteiger partial charge in [-0.25, -0.2) is 15.0 Å². The summed E-state index contributed by atoms with van der Waals surface area (Å²) in [6.45, 7) is 0. The molecule has 0 amide bonds. The third kappa shape index (κ3) is 4.84. The van der Waals surface area contributed by atoms with E-state index in [-0.39, 0.29) is 0 Å². The molecule has 15 rings (SSSR count). The van der Waals surface area contributed by atoms with Crippen LogP contribution in [0.4, 0.5) is 0 Å². The summed E-state index contributed by atoms with van der Waals surface area (Å²) in [7, 11) is 0. The predicted octanol–water partition coefficient (Wildman–Crippen LogP) is 15.2. The maximum absolute atomic E-state index is 5.46. The van der Waals surface area contributed by atoms with E-state index in [9.17, 15) is 0 Å². The van der Waals surface area contributed by atoms with Gasteiger partial charge in [0.25, 0.3) is 0 Å². The molecule has 0 N–H and O–H groups in total. The van der Waals surface area contributed by atoms with Crippen LogP contribution in [0.3, 0.4) is 0 Å². The molecule has 0 saturated carbocycles. The molecule has 68 heavy (non-hydrogen) atoms. The first kappa shape index (κ1) is 37.4. The number of nitrogens with zero attached hydrogens (tertiary/aromatic N) is 3. The van der Waals surface area contributed by atoms with Crippen LogP contribution in [0.1, 0.15) is 44.5 Å². The third-order valence-corrected chi connectivity index (χ3v) is 15.4. The van der Waals surface area contributed by atoms with Crippen LogP contribution >= 0.6 is 0 Å². The Kier molecular flexibility index (Phi) is 7.63. The molecule has 3 heteroatoms. The summed E-state index contributed by atoms with van der Waals surface area (Å²) in [4.78, 5) is 16.2. The van der Waals surface area contributed by atoms with E-state index < -0.39 is 10.8 Å². The smallest absolute Gasteiger partial charge is 0.164 e. The minimum absolute atomic E-state index is 0.428. The fourth-order valence-electron chi connectivity index (χ4n) is 12.7. The average molecular weight is 862 g/mol. The molecule has 0 saturated heterocycles. The van der Waals surface area contributed by atoms with Crippen LogP contribution in [0, 0.1) is 0 Å². The van der Waals surface area contributed by atoms with Crippen LogP contribution in [0.2, 0.25) is 0 Å². The Bertz CT molecular complexity index is 3810. The van der Waals surface area contributed by atoms with Gasteiger partial charge in [-0.05, 0) is 112 Å². The summed E-state index contributed by atoms with van der Waals surface area (Å²) in [5.74, 6) is 1.91. The van der Waals surface area contributed by atoms with E-state index >= 15 is 0 Å². The van der Waals surface area contributed by atoms with E-state index in [4.69, 9.17) is 15.0 Å². The van der Waals surface area contributed by atoms with Crippen molar-refractivity contribution in [3.8, 4) is 89.8 Å². The lowest BCUT2D eigenvalue weighted by atomic mass is 9.70. The predicted molar refractivity (Wildman–Crippen MR) is 274 cm³/mol. The molecule has 3 nitrogen and oxygen atoms in total. The average Bonchev–Trinajstić information content (AvgIpc) is 4.10. The Morgan fingerprint density at radius 2 is 0.485 bits per heavy atom. The summed E-state index contributed by atoms with van der Waals surface area (Å²) < 4.78 is 0. The van der Waals surface area contributed by atoms with Crippen molar-refractivity contribution in [1.82, 2.24) is 15.0 Å². The van der Waals surface area contributed by atoms with E-state index in [2.05, 4.69) is 237 Å². The number of aromatic nitrogens is 3. The van der Waals surface area contributed by atoms with Gasteiger partial charge in [-0.3, -0.25) is 0 Å². The summed E-state index contributed by atoms with van der Waals surface area (Å²) in [5.41, 5.74) is 24.8. The van der Waals surface area contributed by atoms with Crippen LogP contribution < -0.4 is 0 Å². The lowest BCUT2D eigenvalue weighted by Crippen LogP contribution is -2.25. The fourth-order valence-corrected chi connectivity index (χ4v) is 12.7. The summed E-state index contributed by atoms with van der Waals surface area (Å²) in [6, 6.07) is 86.6. The molecule has 0 atom stereocenters. The van der Waals surface area contributed by atoms with Gasteiger partial charge in [0.2, 0.25) is 0 Å². The van der Waals surface area contributed by atoms with Gasteiger partial charge in [0.1, 0.15) is 0 Å². The van der Waals surface area contributed by atoms with E-state index in [0.29, 0.717) is 17.5 Å². The van der Waals surface area contributed by atoms with Crippen molar-refractivity contribution in [2.45, 2.75) is 10.8 Å². The Labute approximate surface area is 394 Å². The highest BCUT2D eigenvalue weighted by atomic mass is 15.0. The zero-order valence-electron chi connectivity index (χ0n) is 36.9. The van der Waals surface area contributed by atoms with Gasteiger partial charge in [-0.15, -0.1) is 0 Å². The van der Waals surface area contributed by atoms with Gasteiger partial charge in [-0.1, -0.05) is 224 Å². The van der Waals surface area contributed by atoms with Gasteiger partial charge in [-0.2, -0.15) is 0 Å². The van der Waals surface area contributed by atoms with Crippen molar-refractivity contribution in [2.75, 3.05) is 0 Å². The molecular formula is C65H39N3. The number of hydrogen-bond acceptors (Lipinski definition) is 3. The minimum Gasteiger partial charge on any atom is -0.208 e. The van der Waals surface area contributed by atoms with Gasteiger partial charge >= 0.3 is 0 Å². The van der Waals surface area contributed by atoms with Crippen LogP contribution in [0.25, 0.3) is 89.8 Å². The van der Waals surface area contributed by atoms with E-state index in [1.54, 1.807) is 0 Å². The SMILES string of the molecule is c1ccc(-c2ccc(-c3nc(-c4ccc5c(c4)-c4ccccc4C54c5ccccc5-c5ccccc54)nc(-c4ccc5c(c4)C4(c6ccccc6-c6ccccc64)c4ccccc4-5)n3)cc2)cc1.